The Hall–Kier alpha value is -0.0905. The Kier molecular flexibility index (Phi) is 2.08. The van der Waals surface area contributed by atoms with Gasteiger partial charge in [-0.2, -0.15) is 0 Å². The van der Waals surface area contributed by atoms with Crippen LogP contribution in [0.15, 0.2) is 0 Å². The second-order valence-corrected chi connectivity index (χ2v) is 3.24. The van der Waals surface area contributed by atoms with Crippen molar-refractivity contribution in [2.45, 2.75) is 4.94 Å². The Labute approximate surface area is 61.0 Å². The molecule has 1 amide bonds. The molecule has 0 aromatic heterocycles. The van der Waals surface area contributed by atoms with Crippen LogP contribution in [-0.4, -0.2) is 50.2 Å². The van der Waals surface area contributed by atoms with E-state index in [2.05, 4.69) is 21.3 Å². The van der Waals surface area contributed by atoms with E-state index in [0.29, 0.717) is 6.54 Å². The van der Waals surface area contributed by atoms with Gasteiger partial charge in [0.2, 0.25) is 0 Å². The standard InChI is InChI=1S/C4H8N2O2Se/c7-3-1-6(8)2-4(9)5-3/h4,8-9H,1-2H2,(H,5,7). The topological polar surface area (TPSA) is 52.6 Å². The molecule has 1 rings (SSSR count). The fourth-order valence-corrected chi connectivity index (χ4v) is 1.40. The van der Waals surface area contributed by atoms with Crippen LogP contribution in [0.4, 0.5) is 0 Å². The molecule has 0 radical (unpaired) electrons. The van der Waals surface area contributed by atoms with Gasteiger partial charge < -0.3 is 0 Å². The second-order valence-electron chi connectivity index (χ2n) is 1.93. The minimum atomic E-state index is -0.130. The molecule has 1 aliphatic heterocycles. The van der Waals surface area contributed by atoms with E-state index in [1.54, 1.807) is 0 Å². The van der Waals surface area contributed by atoms with Gasteiger partial charge in [0, 0.05) is 0 Å². The first-order valence-corrected chi connectivity index (χ1v) is 3.68. The number of hydroxylamine groups is 2. The fourth-order valence-electron chi connectivity index (χ4n) is 0.707. The molecule has 0 aromatic carbocycles. The summed E-state index contributed by atoms with van der Waals surface area (Å²) in [6.07, 6.45) is 0. The molecule has 1 saturated heterocycles. The zero-order valence-corrected chi connectivity index (χ0v) is 6.62. The average Bonchev–Trinajstić information content (AvgIpc) is 1.59. The molecule has 1 unspecified atom stereocenters. The third-order valence-electron chi connectivity index (χ3n) is 1.04. The van der Waals surface area contributed by atoms with Crippen molar-refractivity contribution in [2.24, 2.45) is 0 Å². The Morgan fingerprint density at radius 2 is 2.56 bits per heavy atom. The maximum absolute atomic E-state index is 10.6. The van der Waals surface area contributed by atoms with E-state index < -0.39 is 0 Å². The van der Waals surface area contributed by atoms with Crippen LogP contribution in [-0.2, 0) is 4.79 Å². The molecule has 1 atom stereocenters. The zero-order valence-electron chi connectivity index (χ0n) is 4.74. The summed E-state index contributed by atoms with van der Waals surface area (Å²) in [5.74, 6) is -0.130. The van der Waals surface area contributed by atoms with Crippen molar-refractivity contribution in [3.8, 4) is 0 Å². The molecule has 0 bridgehead atoms. The molecule has 2 N–H and O–H groups in total. The molecule has 0 saturated carbocycles. The molecule has 4 nitrogen and oxygen atoms in total. The van der Waals surface area contributed by atoms with Crippen LogP contribution in [0.25, 0.3) is 0 Å². The summed E-state index contributed by atoms with van der Waals surface area (Å²) in [7, 11) is 0. The quantitative estimate of drug-likeness (QED) is 0.441. The molecule has 1 aliphatic rings. The van der Waals surface area contributed by atoms with Crippen LogP contribution < -0.4 is 5.32 Å². The molecular weight excluding hydrogens is 187 g/mol. The molecule has 9 heavy (non-hydrogen) atoms. The van der Waals surface area contributed by atoms with E-state index >= 15 is 0 Å². The zero-order chi connectivity index (χ0) is 6.85. The predicted octanol–water partition coefficient (Wildman–Crippen LogP) is -1.97. The number of hydrogen-bond acceptors (Lipinski definition) is 3. The number of carbonyl (C=O) groups is 1. The monoisotopic (exact) mass is 196 g/mol. The Balaban J connectivity index is 2.43. The Bertz CT molecular complexity index is 118. The molecule has 1 fully saturated rings. The van der Waals surface area contributed by atoms with Crippen LogP contribution in [0, 0.1) is 0 Å². The van der Waals surface area contributed by atoms with Gasteiger partial charge in [-0.3, -0.25) is 0 Å². The van der Waals surface area contributed by atoms with Gasteiger partial charge in [0.1, 0.15) is 0 Å². The molecule has 5 heteroatoms. The van der Waals surface area contributed by atoms with Gasteiger partial charge in [0.05, 0.1) is 0 Å². The normalized spacial score (nSPS) is 30.0. The SMILES string of the molecule is O=C1CN(O)CC([SeH])N1. The summed E-state index contributed by atoms with van der Waals surface area (Å²) in [6.45, 7) is 0.583. The number of carbonyl (C=O) groups excluding carboxylic acids is 1. The number of hydrogen-bond donors (Lipinski definition) is 2. The van der Waals surface area contributed by atoms with Gasteiger partial charge >= 0.3 is 60.3 Å². The van der Waals surface area contributed by atoms with Crippen LogP contribution in [0.5, 0.6) is 0 Å². The molecule has 0 spiro atoms. The van der Waals surface area contributed by atoms with Crippen LogP contribution in [0.2, 0.25) is 0 Å². The first kappa shape index (κ1) is 7.02. The van der Waals surface area contributed by atoms with Crippen LogP contribution >= 0.6 is 0 Å². The molecular formula is C4H8N2O2Se. The van der Waals surface area contributed by atoms with E-state index in [0.717, 1.165) is 5.06 Å². The van der Waals surface area contributed by atoms with Crippen molar-refractivity contribution < 1.29 is 10.0 Å². The van der Waals surface area contributed by atoms with Crippen molar-refractivity contribution in [2.75, 3.05) is 13.1 Å². The van der Waals surface area contributed by atoms with Crippen molar-refractivity contribution >= 4 is 21.9 Å². The third kappa shape index (κ3) is 1.95. The fraction of sp³-hybridized carbons (Fsp3) is 0.750. The van der Waals surface area contributed by atoms with E-state index in [1.807, 2.05) is 0 Å². The molecule has 0 aromatic rings. The summed E-state index contributed by atoms with van der Waals surface area (Å²) in [6, 6.07) is 0. The first-order chi connectivity index (χ1) is 4.18. The van der Waals surface area contributed by atoms with Crippen LogP contribution in [0.1, 0.15) is 0 Å². The number of rotatable bonds is 0. The number of piperazine rings is 1. The summed E-state index contributed by atoms with van der Waals surface area (Å²) < 4.78 is 0. The average molecular weight is 195 g/mol. The number of nitrogens with one attached hydrogen (secondary N) is 1. The maximum atomic E-state index is 10.6. The van der Waals surface area contributed by atoms with Crippen molar-refractivity contribution in [1.29, 1.82) is 0 Å². The minimum absolute atomic E-state index is 0.00347. The van der Waals surface area contributed by atoms with Gasteiger partial charge in [-0.1, -0.05) is 0 Å². The Morgan fingerprint density at radius 1 is 1.89 bits per heavy atom. The number of amides is 1. The second kappa shape index (κ2) is 2.66. The summed E-state index contributed by atoms with van der Waals surface area (Å²) >= 11 is 2.28. The van der Waals surface area contributed by atoms with E-state index in [9.17, 15) is 4.79 Å². The van der Waals surface area contributed by atoms with Crippen LogP contribution in [0.3, 0.4) is 0 Å². The first-order valence-electron chi connectivity index (χ1n) is 2.60. The van der Waals surface area contributed by atoms with Gasteiger partial charge in [-0.25, -0.2) is 0 Å². The van der Waals surface area contributed by atoms with E-state index in [-0.39, 0.29) is 17.4 Å². The van der Waals surface area contributed by atoms with Gasteiger partial charge in [-0.15, -0.1) is 0 Å². The van der Waals surface area contributed by atoms with E-state index in [4.69, 9.17) is 5.21 Å². The van der Waals surface area contributed by atoms with Crippen molar-refractivity contribution in [1.82, 2.24) is 10.4 Å². The van der Waals surface area contributed by atoms with Crippen molar-refractivity contribution in [3.05, 3.63) is 0 Å². The summed E-state index contributed by atoms with van der Waals surface area (Å²) in [5, 5.41) is 12.5. The molecule has 0 aliphatic carbocycles. The number of nitrogens with zero attached hydrogens (tertiary/aromatic N) is 1. The Morgan fingerprint density at radius 3 is 3.00 bits per heavy atom. The van der Waals surface area contributed by atoms with Gasteiger partial charge in [0.25, 0.3) is 0 Å². The summed E-state index contributed by atoms with van der Waals surface area (Å²) in [4.78, 5) is 10.6. The van der Waals surface area contributed by atoms with Gasteiger partial charge in [0.15, 0.2) is 0 Å². The van der Waals surface area contributed by atoms with E-state index in [1.165, 1.54) is 0 Å². The molecule has 52 valence electrons. The van der Waals surface area contributed by atoms with Crippen molar-refractivity contribution in [3.63, 3.8) is 0 Å². The van der Waals surface area contributed by atoms with Gasteiger partial charge in [-0.05, 0) is 0 Å². The summed E-state index contributed by atoms with van der Waals surface area (Å²) in [5.41, 5.74) is 0. The third-order valence-corrected chi connectivity index (χ3v) is 1.65. The predicted molar refractivity (Wildman–Crippen MR) is 32.4 cm³/mol. The molecule has 1 heterocycles.